The van der Waals surface area contributed by atoms with Gasteiger partial charge in [-0.05, 0) is 37.3 Å². The molecule has 1 aliphatic carbocycles. The van der Waals surface area contributed by atoms with Crippen LogP contribution in [-0.2, 0) is 16.1 Å². The summed E-state index contributed by atoms with van der Waals surface area (Å²) in [7, 11) is 0. The molecule has 1 aromatic rings. The van der Waals surface area contributed by atoms with Gasteiger partial charge in [-0.1, -0.05) is 37.3 Å². The van der Waals surface area contributed by atoms with Crippen molar-refractivity contribution in [2.24, 2.45) is 11.8 Å². The third kappa shape index (κ3) is 5.48. The number of aliphatic hydroxyl groups excluding tert-OH is 1. The second-order valence-electron chi connectivity index (χ2n) is 5.99. The molecule has 0 radical (unpaired) electrons. The highest BCUT2D eigenvalue weighted by atomic mass is 16.5. The van der Waals surface area contributed by atoms with Crippen molar-refractivity contribution in [1.29, 1.82) is 0 Å². The standard InChI is InChI=1S/C17H25NO3/c1-13(10-18-11-15-7-8-16(19)9-15)17(20)21-12-14-5-3-2-4-6-14/h2-6,13,15-16,18-19H,7-12H2,1H3. The van der Waals surface area contributed by atoms with Gasteiger partial charge in [0, 0.05) is 6.54 Å². The Labute approximate surface area is 126 Å². The van der Waals surface area contributed by atoms with Crippen molar-refractivity contribution in [3.8, 4) is 0 Å². The van der Waals surface area contributed by atoms with Crippen molar-refractivity contribution < 1.29 is 14.6 Å². The van der Waals surface area contributed by atoms with E-state index in [-0.39, 0.29) is 18.0 Å². The fraction of sp³-hybridized carbons (Fsp3) is 0.588. The molecule has 0 amide bonds. The van der Waals surface area contributed by atoms with Gasteiger partial charge in [-0.15, -0.1) is 0 Å². The number of hydrogen-bond donors (Lipinski definition) is 2. The van der Waals surface area contributed by atoms with E-state index in [4.69, 9.17) is 4.74 Å². The summed E-state index contributed by atoms with van der Waals surface area (Å²) < 4.78 is 5.31. The molecule has 3 unspecified atom stereocenters. The van der Waals surface area contributed by atoms with Crippen LogP contribution in [0.15, 0.2) is 30.3 Å². The summed E-state index contributed by atoms with van der Waals surface area (Å²) in [4.78, 5) is 11.9. The van der Waals surface area contributed by atoms with E-state index in [0.717, 1.165) is 31.4 Å². The first-order valence-electron chi connectivity index (χ1n) is 7.74. The molecule has 1 aromatic carbocycles. The maximum absolute atomic E-state index is 11.9. The Morgan fingerprint density at radius 2 is 2.14 bits per heavy atom. The zero-order chi connectivity index (χ0) is 15.1. The fourth-order valence-corrected chi connectivity index (χ4v) is 2.69. The largest absolute Gasteiger partial charge is 0.461 e. The normalized spacial score (nSPS) is 23.0. The van der Waals surface area contributed by atoms with Crippen LogP contribution in [0.2, 0.25) is 0 Å². The summed E-state index contributed by atoms with van der Waals surface area (Å²) >= 11 is 0. The Kier molecular flexibility index (Phi) is 6.21. The molecule has 2 N–H and O–H groups in total. The van der Waals surface area contributed by atoms with Gasteiger partial charge in [-0.3, -0.25) is 4.79 Å². The molecule has 0 aromatic heterocycles. The minimum Gasteiger partial charge on any atom is -0.461 e. The van der Waals surface area contributed by atoms with Crippen LogP contribution in [0, 0.1) is 11.8 Å². The number of carbonyl (C=O) groups excluding carboxylic acids is 1. The highest BCUT2D eigenvalue weighted by Crippen LogP contribution is 2.24. The monoisotopic (exact) mass is 291 g/mol. The lowest BCUT2D eigenvalue weighted by molar-refractivity contribution is -0.149. The molecule has 21 heavy (non-hydrogen) atoms. The first kappa shape index (κ1) is 16.0. The van der Waals surface area contributed by atoms with Crippen molar-refractivity contribution in [3.63, 3.8) is 0 Å². The van der Waals surface area contributed by atoms with Gasteiger partial charge in [-0.2, -0.15) is 0 Å². The van der Waals surface area contributed by atoms with Gasteiger partial charge in [0.2, 0.25) is 0 Å². The molecule has 116 valence electrons. The molecular weight excluding hydrogens is 266 g/mol. The van der Waals surface area contributed by atoms with Crippen LogP contribution in [-0.4, -0.2) is 30.3 Å². The van der Waals surface area contributed by atoms with Crippen LogP contribution in [0.3, 0.4) is 0 Å². The van der Waals surface area contributed by atoms with Crippen LogP contribution in [0.1, 0.15) is 31.7 Å². The molecule has 4 heteroatoms. The molecule has 1 fully saturated rings. The highest BCUT2D eigenvalue weighted by Gasteiger charge is 2.23. The molecular formula is C17H25NO3. The van der Waals surface area contributed by atoms with Crippen molar-refractivity contribution >= 4 is 5.97 Å². The lowest BCUT2D eigenvalue weighted by atomic mass is 10.1. The van der Waals surface area contributed by atoms with Crippen molar-refractivity contribution in [2.45, 2.75) is 38.9 Å². The zero-order valence-electron chi connectivity index (χ0n) is 12.6. The lowest BCUT2D eigenvalue weighted by Gasteiger charge is -2.15. The molecule has 4 nitrogen and oxygen atoms in total. The summed E-state index contributed by atoms with van der Waals surface area (Å²) in [5.41, 5.74) is 1.01. The minimum absolute atomic E-state index is 0.134. The Morgan fingerprint density at radius 1 is 1.38 bits per heavy atom. The number of esters is 1. The number of nitrogens with one attached hydrogen (secondary N) is 1. The summed E-state index contributed by atoms with van der Waals surface area (Å²) in [6.45, 7) is 3.70. The molecule has 0 saturated heterocycles. The molecule has 0 aliphatic heterocycles. The van der Waals surface area contributed by atoms with E-state index in [1.54, 1.807) is 0 Å². The van der Waals surface area contributed by atoms with E-state index in [1.165, 1.54) is 0 Å². The molecule has 0 heterocycles. The highest BCUT2D eigenvalue weighted by molar-refractivity contribution is 5.72. The first-order chi connectivity index (χ1) is 10.1. The van der Waals surface area contributed by atoms with E-state index in [2.05, 4.69) is 5.32 Å². The maximum atomic E-state index is 11.9. The summed E-state index contributed by atoms with van der Waals surface area (Å²) in [5.74, 6) is 0.213. The lowest BCUT2D eigenvalue weighted by Crippen LogP contribution is -2.31. The van der Waals surface area contributed by atoms with Gasteiger partial charge in [0.05, 0.1) is 12.0 Å². The molecule has 3 atom stereocenters. The molecule has 0 bridgehead atoms. The van der Waals surface area contributed by atoms with E-state index in [9.17, 15) is 9.90 Å². The summed E-state index contributed by atoms with van der Waals surface area (Å²) in [6, 6.07) is 9.70. The predicted molar refractivity (Wildman–Crippen MR) is 81.6 cm³/mol. The van der Waals surface area contributed by atoms with Crippen molar-refractivity contribution in [3.05, 3.63) is 35.9 Å². The Balaban J connectivity index is 1.61. The molecule has 1 saturated carbocycles. The van der Waals surface area contributed by atoms with E-state index in [0.29, 0.717) is 19.1 Å². The number of hydrogen-bond acceptors (Lipinski definition) is 4. The van der Waals surface area contributed by atoms with Crippen LogP contribution < -0.4 is 5.32 Å². The van der Waals surface area contributed by atoms with Gasteiger partial charge in [0.25, 0.3) is 0 Å². The Morgan fingerprint density at radius 3 is 2.81 bits per heavy atom. The third-order valence-corrected chi connectivity index (χ3v) is 4.02. The van der Waals surface area contributed by atoms with E-state index in [1.807, 2.05) is 37.3 Å². The van der Waals surface area contributed by atoms with Gasteiger partial charge in [0.1, 0.15) is 6.61 Å². The van der Waals surface area contributed by atoms with Crippen molar-refractivity contribution in [1.82, 2.24) is 5.32 Å². The minimum atomic E-state index is -0.169. The van der Waals surface area contributed by atoms with Gasteiger partial charge < -0.3 is 15.2 Å². The van der Waals surface area contributed by atoms with E-state index < -0.39 is 0 Å². The number of aliphatic hydroxyl groups is 1. The second kappa shape index (κ2) is 8.15. The molecule has 1 aliphatic rings. The van der Waals surface area contributed by atoms with Gasteiger partial charge in [0.15, 0.2) is 0 Å². The van der Waals surface area contributed by atoms with Crippen LogP contribution >= 0.6 is 0 Å². The number of ether oxygens (including phenoxy) is 1. The predicted octanol–water partition coefficient (Wildman–Crippen LogP) is 2.12. The summed E-state index contributed by atoms with van der Waals surface area (Å²) in [5, 5.41) is 12.8. The fourth-order valence-electron chi connectivity index (χ4n) is 2.69. The zero-order valence-corrected chi connectivity index (χ0v) is 12.6. The molecule has 2 rings (SSSR count). The Bertz CT molecular complexity index is 435. The smallest absolute Gasteiger partial charge is 0.310 e. The quantitative estimate of drug-likeness (QED) is 0.756. The first-order valence-corrected chi connectivity index (χ1v) is 7.74. The average Bonchev–Trinajstić information content (AvgIpc) is 2.91. The second-order valence-corrected chi connectivity index (χ2v) is 5.99. The number of carbonyl (C=O) groups is 1. The van der Waals surface area contributed by atoms with E-state index >= 15 is 0 Å². The van der Waals surface area contributed by atoms with Crippen LogP contribution in [0.25, 0.3) is 0 Å². The van der Waals surface area contributed by atoms with Crippen LogP contribution in [0.4, 0.5) is 0 Å². The maximum Gasteiger partial charge on any atom is 0.310 e. The van der Waals surface area contributed by atoms with Crippen LogP contribution in [0.5, 0.6) is 0 Å². The summed E-state index contributed by atoms with van der Waals surface area (Å²) in [6.07, 6.45) is 2.71. The SMILES string of the molecule is CC(CNCC1CCC(O)C1)C(=O)OCc1ccccc1. The van der Waals surface area contributed by atoms with Gasteiger partial charge >= 0.3 is 5.97 Å². The molecule has 0 spiro atoms. The van der Waals surface area contributed by atoms with Crippen molar-refractivity contribution in [2.75, 3.05) is 13.1 Å². The average molecular weight is 291 g/mol. The third-order valence-electron chi connectivity index (χ3n) is 4.02. The number of benzene rings is 1. The number of rotatable bonds is 7. The van der Waals surface area contributed by atoms with Gasteiger partial charge in [-0.25, -0.2) is 0 Å². The topological polar surface area (TPSA) is 58.6 Å². The Hall–Kier alpha value is -1.39.